The largest absolute Gasteiger partial charge is 0.351 e. The number of rotatable bonds is 6. The zero-order valence-corrected chi connectivity index (χ0v) is 16.4. The van der Waals surface area contributed by atoms with E-state index in [9.17, 15) is 9.59 Å². The van der Waals surface area contributed by atoms with E-state index in [4.69, 9.17) is 23.2 Å². The van der Waals surface area contributed by atoms with Crippen molar-refractivity contribution in [2.24, 2.45) is 0 Å². The maximum atomic E-state index is 12.0. The molecule has 0 atom stereocenters. The second-order valence-electron chi connectivity index (χ2n) is 5.53. The van der Waals surface area contributed by atoms with Crippen molar-refractivity contribution in [3.05, 3.63) is 69.2 Å². The molecule has 0 fully saturated rings. The number of para-hydroxylation sites is 1. The van der Waals surface area contributed by atoms with Gasteiger partial charge in [-0.1, -0.05) is 35.3 Å². The van der Waals surface area contributed by atoms with E-state index in [0.717, 1.165) is 15.2 Å². The third-order valence-corrected chi connectivity index (χ3v) is 5.32. The molecule has 0 aliphatic heterocycles. The standard InChI is InChI=1S/C19H15Cl2N3O2S/c20-13-6-5-12(11-14(13)21)19(26)23-10-9-22-17(25)7-8-18-24-15-3-1-2-4-16(15)27-18/h1-8,11H,9-10H2,(H,22,25)(H,23,26)/b8-7+. The van der Waals surface area contributed by atoms with Crippen LogP contribution in [0.5, 0.6) is 0 Å². The number of hydrogen-bond acceptors (Lipinski definition) is 4. The Morgan fingerprint density at radius 2 is 1.81 bits per heavy atom. The molecule has 8 heteroatoms. The molecule has 2 aromatic carbocycles. The predicted octanol–water partition coefficient (Wildman–Crippen LogP) is 4.16. The molecule has 0 saturated heterocycles. The average molecular weight is 420 g/mol. The maximum absolute atomic E-state index is 12.0. The van der Waals surface area contributed by atoms with Gasteiger partial charge in [0.05, 0.1) is 20.3 Å². The summed E-state index contributed by atoms with van der Waals surface area (Å²) in [6.45, 7) is 0.593. The summed E-state index contributed by atoms with van der Waals surface area (Å²) < 4.78 is 1.07. The SMILES string of the molecule is O=C(/C=C/c1nc2ccccc2s1)NCCNC(=O)c1ccc(Cl)c(Cl)c1. The number of nitrogens with one attached hydrogen (secondary N) is 2. The Morgan fingerprint density at radius 3 is 2.59 bits per heavy atom. The van der Waals surface area contributed by atoms with E-state index in [1.807, 2.05) is 24.3 Å². The molecule has 0 aliphatic carbocycles. The first-order valence-electron chi connectivity index (χ1n) is 8.07. The zero-order valence-electron chi connectivity index (χ0n) is 14.0. The van der Waals surface area contributed by atoms with Crippen LogP contribution in [-0.2, 0) is 4.79 Å². The normalized spacial score (nSPS) is 11.0. The van der Waals surface area contributed by atoms with Crippen LogP contribution < -0.4 is 10.6 Å². The molecule has 1 aromatic heterocycles. The van der Waals surface area contributed by atoms with Crippen LogP contribution in [0.1, 0.15) is 15.4 Å². The number of thiazole rings is 1. The number of nitrogens with zero attached hydrogens (tertiary/aromatic N) is 1. The summed E-state index contributed by atoms with van der Waals surface area (Å²) in [7, 11) is 0. The monoisotopic (exact) mass is 419 g/mol. The Bertz CT molecular complexity index is 984. The van der Waals surface area contributed by atoms with Crippen molar-refractivity contribution in [3.63, 3.8) is 0 Å². The quantitative estimate of drug-likeness (QED) is 0.465. The summed E-state index contributed by atoms with van der Waals surface area (Å²) >= 11 is 13.2. The van der Waals surface area contributed by atoms with Gasteiger partial charge in [-0.2, -0.15) is 0 Å². The van der Waals surface area contributed by atoms with Gasteiger partial charge in [-0.3, -0.25) is 9.59 Å². The maximum Gasteiger partial charge on any atom is 0.251 e. The average Bonchev–Trinajstić information content (AvgIpc) is 3.08. The Labute approximate surface area is 170 Å². The number of aromatic nitrogens is 1. The predicted molar refractivity (Wildman–Crippen MR) is 110 cm³/mol. The molecule has 3 rings (SSSR count). The molecule has 2 amide bonds. The number of amides is 2. The Hall–Kier alpha value is -2.41. The second-order valence-corrected chi connectivity index (χ2v) is 7.41. The van der Waals surface area contributed by atoms with E-state index in [2.05, 4.69) is 15.6 Å². The van der Waals surface area contributed by atoms with Crippen LogP contribution in [-0.4, -0.2) is 29.9 Å². The van der Waals surface area contributed by atoms with Crippen molar-refractivity contribution in [1.82, 2.24) is 15.6 Å². The van der Waals surface area contributed by atoms with E-state index < -0.39 is 0 Å². The number of hydrogen-bond donors (Lipinski definition) is 2. The molecular weight excluding hydrogens is 405 g/mol. The lowest BCUT2D eigenvalue weighted by molar-refractivity contribution is -0.116. The molecule has 0 unspecified atom stereocenters. The summed E-state index contributed by atoms with van der Waals surface area (Å²) in [6, 6.07) is 12.4. The molecule has 0 aliphatic rings. The molecule has 0 spiro atoms. The van der Waals surface area contributed by atoms with Crippen LogP contribution in [0.4, 0.5) is 0 Å². The van der Waals surface area contributed by atoms with Crippen molar-refractivity contribution >= 4 is 62.6 Å². The molecule has 2 N–H and O–H groups in total. The van der Waals surface area contributed by atoms with Crippen LogP contribution in [0.15, 0.2) is 48.5 Å². The first-order chi connectivity index (χ1) is 13.0. The number of carbonyl (C=O) groups excluding carboxylic acids is 2. The van der Waals surface area contributed by atoms with E-state index in [1.165, 1.54) is 23.5 Å². The minimum Gasteiger partial charge on any atom is -0.351 e. The molecule has 0 saturated carbocycles. The summed E-state index contributed by atoms with van der Waals surface area (Å²) in [5.41, 5.74) is 1.32. The fourth-order valence-electron chi connectivity index (χ4n) is 2.27. The number of carbonyl (C=O) groups is 2. The Balaban J connectivity index is 1.43. The van der Waals surface area contributed by atoms with Crippen molar-refractivity contribution < 1.29 is 9.59 Å². The number of benzene rings is 2. The zero-order chi connectivity index (χ0) is 19.2. The third-order valence-electron chi connectivity index (χ3n) is 3.58. The molecule has 27 heavy (non-hydrogen) atoms. The van der Waals surface area contributed by atoms with Crippen LogP contribution in [0.3, 0.4) is 0 Å². The van der Waals surface area contributed by atoms with Crippen LogP contribution in [0.25, 0.3) is 16.3 Å². The van der Waals surface area contributed by atoms with Crippen molar-refractivity contribution in [3.8, 4) is 0 Å². The van der Waals surface area contributed by atoms with E-state index in [1.54, 1.807) is 18.2 Å². The highest BCUT2D eigenvalue weighted by atomic mass is 35.5. The van der Waals surface area contributed by atoms with E-state index in [0.29, 0.717) is 28.7 Å². The van der Waals surface area contributed by atoms with Gasteiger partial charge in [-0.05, 0) is 36.4 Å². The van der Waals surface area contributed by atoms with Gasteiger partial charge < -0.3 is 10.6 Å². The van der Waals surface area contributed by atoms with Gasteiger partial charge in [0, 0.05) is 24.7 Å². The van der Waals surface area contributed by atoms with Gasteiger partial charge in [0.15, 0.2) is 0 Å². The minimum atomic E-state index is -0.284. The summed E-state index contributed by atoms with van der Waals surface area (Å²) in [5.74, 6) is -0.536. The molecule has 0 bridgehead atoms. The summed E-state index contributed by atoms with van der Waals surface area (Å²) in [6.07, 6.45) is 3.10. The van der Waals surface area contributed by atoms with E-state index in [-0.39, 0.29) is 11.8 Å². The fourth-order valence-corrected chi connectivity index (χ4v) is 3.44. The van der Waals surface area contributed by atoms with Gasteiger partial charge in [0.25, 0.3) is 5.91 Å². The molecule has 1 heterocycles. The highest BCUT2D eigenvalue weighted by Crippen LogP contribution is 2.23. The third kappa shape index (κ3) is 5.29. The van der Waals surface area contributed by atoms with Gasteiger partial charge in [0.2, 0.25) is 5.91 Å². The highest BCUT2D eigenvalue weighted by molar-refractivity contribution is 7.19. The second kappa shape index (κ2) is 8.99. The smallest absolute Gasteiger partial charge is 0.251 e. The topological polar surface area (TPSA) is 71.1 Å². The summed E-state index contributed by atoms with van der Waals surface area (Å²) in [5, 5.41) is 6.88. The van der Waals surface area contributed by atoms with Crippen LogP contribution in [0, 0.1) is 0 Å². The lowest BCUT2D eigenvalue weighted by Gasteiger charge is -2.06. The van der Waals surface area contributed by atoms with Gasteiger partial charge in [-0.15, -0.1) is 11.3 Å². The van der Waals surface area contributed by atoms with E-state index >= 15 is 0 Å². The number of fused-ring (bicyclic) bond motifs is 1. The lowest BCUT2D eigenvalue weighted by Crippen LogP contribution is -2.34. The molecule has 138 valence electrons. The first-order valence-corrected chi connectivity index (χ1v) is 9.65. The molecule has 0 radical (unpaired) electrons. The fraction of sp³-hybridized carbons (Fsp3) is 0.105. The summed E-state index contributed by atoms with van der Waals surface area (Å²) in [4.78, 5) is 28.3. The minimum absolute atomic E-state index is 0.252. The van der Waals surface area contributed by atoms with Crippen molar-refractivity contribution in [2.45, 2.75) is 0 Å². The number of halogens is 2. The van der Waals surface area contributed by atoms with Gasteiger partial charge in [-0.25, -0.2) is 4.98 Å². The Morgan fingerprint density at radius 1 is 1.04 bits per heavy atom. The van der Waals surface area contributed by atoms with Gasteiger partial charge >= 0.3 is 0 Å². The van der Waals surface area contributed by atoms with Crippen molar-refractivity contribution in [1.29, 1.82) is 0 Å². The highest BCUT2D eigenvalue weighted by Gasteiger charge is 2.07. The van der Waals surface area contributed by atoms with Crippen molar-refractivity contribution in [2.75, 3.05) is 13.1 Å². The molecular formula is C19H15Cl2N3O2S. The Kier molecular flexibility index (Phi) is 6.45. The molecule has 5 nitrogen and oxygen atoms in total. The van der Waals surface area contributed by atoms with Gasteiger partial charge in [0.1, 0.15) is 5.01 Å². The van der Waals surface area contributed by atoms with Crippen LogP contribution >= 0.6 is 34.5 Å². The van der Waals surface area contributed by atoms with Crippen LogP contribution in [0.2, 0.25) is 10.0 Å². The lowest BCUT2D eigenvalue weighted by atomic mass is 10.2. The first kappa shape index (κ1) is 19.4. The molecule has 3 aromatic rings.